The summed E-state index contributed by atoms with van der Waals surface area (Å²) in [7, 11) is 3.71. The smallest absolute Gasteiger partial charge is 0.105 e. The van der Waals surface area contributed by atoms with Gasteiger partial charge in [-0.2, -0.15) is 0 Å². The SMILES string of the molecule is CNCCC(O)C(O)c1cccc(CNC)c1. The lowest BCUT2D eigenvalue weighted by Crippen LogP contribution is -2.23. The molecule has 4 nitrogen and oxygen atoms in total. The van der Waals surface area contributed by atoms with Gasteiger partial charge in [0.05, 0.1) is 6.10 Å². The van der Waals surface area contributed by atoms with Crippen LogP contribution in [0.25, 0.3) is 0 Å². The molecule has 17 heavy (non-hydrogen) atoms. The number of rotatable bonds is 7. The van der Waals surface area contributed by atoms with E-state index < -0.39 is 12.2 Å². The predicted molar refractivity (Wildman–Crippen MR) is 68.7 cm³/mol. The van der Waals surface area contributed by atoms with Crippen LogP contribution in [0.15, 0.2) is 24.3 Å². The lowest BCUT2D eigenvalue weighted by molar-refractivity contribution is 0.0140. The summed E-state index contributed by atoms with van der Waals surface area (Å²) in [5.41, 5.74) is 1.87. The van der Waals surface area contributed by atoms with Gasteiger partial charge in [0.15, 0.2) is 0 Å². The third-order valence-corrected chi connectivity index (χ3v) is 2.73. The quantitative estimate of drug-likeness (QED) is 0.555. The summed E-state index contributed by atoms with van der Waals surface area (Å²) < 4.78 is 0. The second-order valence-corrected chi connectivity index (χ2v) is 4.18. The van der Waals surface area contributed by atoms with E-state index in [-0.39, 0.29) is 0 Å². The first-order valence-electron chi connectivity index (χ1n) is 5.93. The molecule has 0 aromatic heterocycles. The van der Waals surface area contributed by atoms with Crippen LogP contribution in [0, 0.1) is 0 Å². The van der Waals surface area contributed by atoms with E-state index in [1.54, 1.807) is 0 Å². The highest BCUT2D eigenvalue weighted by molar-refractivity contribution is 5.25. The zero-order valence-electron chi connectivity index (χ0n) is 10.5. The fraction of sp³-hybridized carbons (Fsp3) is 0.538. The van der Waals surface area contributed by atoms with Crippen molar-refractivity contribution < 1.29 is 10.2 Å². The van der Waals surface area contributed by atoms with Crippen molar-refractivity contribution in [2.45, 2.75) is 25.2 Å². The normalized spacial score (nSPS) is 14.6. The molecule has 0 amide bonds. The monoisotopic (exact) mass is 238 g/mol. The van der Waals surface area contributed by atoms with Gasteiger partial charge >= 0.3 is 0 Å². The van der Waals surface area contributed by atoms with Gasteiger partial charge in [-0.25, -0.2) is 0 Å². The van der Waals surface area contributed by atoms with E-state index in [0.717, 1.165) is 17.7 Å². The van der Waals surface area contributed by atoms with Gasteiger partial charge in [0.25, 0.3) is 0 Å². The first-order chi connectivity index (χ1) is 8.19. The molecular weight excluding hydrogens is 216 g/mol. The molecule has 2 atom stereocenters. The maximum atomic E-state index is 10.0. The predicted octanol–water partition coefficient (Wildman–Crippen LogP) is 0.410. The van der Waals surface area contributed by atoms with Crippen molar-refractivity contribution >= 4 is 0 Å². The Morgan fingerprint density at radius 2 is 1.94 bits per heavy atom. The van der Waals surface area contributed by atoms with Crippen LogP contribution in [-0.4, -0.2) is 37.0 Å². The van der Waals surface area contributed by atoms with Crippen molar-refractivity contribution in [3.63, 3.8) is 0 Å². The van der Waals surface area contributed by atoms with Crippen LogP contribution in [0.2, 0.25) is 0 Å². The van der Waals surface area contributed by atoms with Crippen LogP contribution in [0.3, 0.4) is 0 Å². The summed E-state index contributed by atoms with van der Waals surface area (Å²) in [6, 6.07) is 7.65. The van der Waals surface area contributed by atoms with E-state index in [1.165, 1.54) is 0 Å². The molecule has 1 aromatic rings. The number of nitrogens with one attached hydrogen (secondary N) is 2. The van der Waals surface area contributed by atoms with Gasteiger partial charge in [-0.05, 0) is 38.2 Å². The molecule has 0 aliphatic rings. The zero-order valence-corrected chi connectivity index (χ0v) is 10.5. The summed E-state index contributed by atoms with van der Waals surface area (Å²) in [6.07, 6.45) is -1.01. The number of benzene rings is 1. The summed E-state index contributed by atoms with van der Waals surface area (Å²) in [4.78, 5) is 0. The Bertz CT molecular complexity index is 331. The van der Waals surface area contributed by atoms with Gasteiger partial charge < -0.3 is 20.8 Å². The average molecular weight is 238 g/mol. The number of hydrogen-bond acceptors (Lipinski definition) is 4. The molecular formula is C13H22N2O2. The summed E-state index contributed by atoms with van der Waals surface area (Å²) >= 11 is 0. The van der Waals surface area contributed by atoms with Crippen LogP contribution in [0.5, 0.6) is 0 Å². The van der Waals surface area contributed by atoms with Crippen molar-refractivity contribution in [1.82, 2.24) is 10.6 Å². The number of aliphatic hydroxyl groups is 2. The molecule has 0 bridgehead atoms. The zero-order chi connectivity index (χ0) is 12.7. The van der Waals surface area contributed by atoms with Gasteiger partial charge in [0.1, 0.15) is 6.10 Å². The summed E-state index contributed by atoms with van der Waals surface area (Å²) in [6.45, 7) is 1.45. The second kappa shape index (κ2) is 7.40. The van der Waals surface area contributed by atoms with Crippen molar-refractivity contribution in [1.29, 1.82) is 0 Å². The van der Waals surface area contributed by atoms with E-state index in [2.05, 4.69) is 10.6 Å². The molecule has 0 heterocycles. The highest BCUT2D eigenvalue weighted by Gasteiger charge is 2.17. The number of aliphatic hydroxyl groups excluding tert-OH is 2. The Morgan fingerprint density at radius 3 is 2.59 bits per heavy atom. The van der Waals surface area contributed by atoms with Crippen LogP contribution in [-0.2, 0) is 6.54 Å². The van der Waals surface area contributed by atoms with Crippen molar-refractivity contribution in [2.75, 3.05) is 20.6 Å². The van der Waals surface area contributed by atoms with Crippen LogP contribution < -0.4 is 10.6 Å². The van der Waals surface area contributed by atoms with Crippen LogP contribution in [0.4, 0.5) is 0 Å². The minimum Gasteiger partial charge on any atom is -0.390 e. The topological polar surface area (TPSA) is 64.5 Å². The van der Waals surface area contributed by atoms with Crippen LogP contribution >= 0.6 is 0 Å². The van der Waals surface area contributed by atoms with E-state index in [1.807, 2.05) is 38.4 Å². The van der Waals surface area contributed by atoms with Gasteiger partial charge in [0, 0.05) is 6.54 Å². The van der Waals surface area contributed by atoms with Gasteiger partial charge in [-0.15, -0.1) is 0 Å². The van der Waals surface area contributed by atoms with Gasteiger partial charge in [0.2, 0.25) is 0 Å². The van der Waals surface area contributed by atoms with E-state index in [0.29, 0.717) is 13.0 Å². The Balaban J connectivity index is 2.66. The highest BCUT2D eigenvalue weighted by atomic mass is 16.3. The lowest BCUT2D eigenvalue weighted by Gasteiger charge is -2.18. The van der Waals surface area contributed by atoms with Gasteiger partial charge in [-0.3, -0.25) is 0 Å². The third kappa shape index (κ3) is 4.44. The molecule has 0 aliphatic heterocycles. The molecule has 2 unspecified atom stereocenters. The summed E-state index contributed by atoms with van der Waals surface area (Å²) in [5.74, 6) is 0. The standard InChI is InChI=1S/C13H22N2O2/c1-14-7-6-12(16)13(17)11-5-3-4-10(8-11)9-15-2/h3-5,8,12-17H,6-7,9H2,1-2H3. The number of hydrogen-bond donors (Lipinski definition) is 4. The molecule has 0 radical (unpaired) electrons. The maximum Gasteiger partial charge on any atom is 0.105 e. The van der Waals surface area contributed by atoms with Crippen LogP contribution in [0.1, 0.15) is 23.7 Å². The maximum absolute atomic E-state index is 10.0. The molecule has 0 saturated carbocycles. The van der Waals surface area contributed by atoms with Gasteiger partial charge in [-0.1, -0.05) is 24.3 Å². The molecule has 1 rings (SSSR count). The Labute approximate surface area is 103 Å². The first-order valence-corrected chi connectivity index (χ1v) is 5.93. The molecule has 4 N–H and O–H groups in total. The fourth-order valence-corrected chi connectivity index (χ4v) is 1.76. The molecule has 96 valence electrons. The first kappa shape index (κ1) is 14.1. The fourth-order valence-electron chi connectivity index (χ4n) is 1.76. The van der Waals surface area contributed by atoms with E-state index >= 15 is 0 Å². The molecule has 0 spiro atoms. The molecule has 4 heteroatoms. The van der Waals surface area contributed by atoms with Crippen molar-refractivity contribution in [3.05, 3.63) is 35.4 Å². The van der Waals surface area contributed by atoms with E-state index in [4.69, 9.17) is 0 Å². The highest BCUT2D eigenvalue weighted by Crippen LogP contribution is 2.19. The molecule has 0 fully saturated rings. The Kier molecular flexibility index (Phi) is 6.15. The largest absolute Gasteiger partial charge is 0.390 e. The third-order valence-electron chi connectivity index (χ3n) is 2.73. The molecule has 0 saturated heterocycles. The summed E-state index contributed by atoms with van der Waals surface area (Å²) in [5, 5.41) is 25.8. The average Bonchev–Trinajstić information content (AvgIpc) is 2.35. The Hall–Kier alpha value is -0.940. The lowest BCUT2D eigenvalue weighted by atomic mass is 10.00. The minimum atomic E-state index is -0.819. The minimum absolute atomic E-state index is 0.536. The molecule has 1 aromatic carbocycles. The Morgan fingerprint density at radius 1 is 1.18 bits per heavy atom. The van der Waals surface area contributed by atoms with Crippen molar-refractivity contribution in [3.8, 4) is 0 Å². The second-order valence-electron chi connectivity index (χ2n) is 4.18. The van der Waals surface area contributed by atoms with Crippen molar-refractivity contribution in [2.24, 2.45) is 0 Å². The molecule has 0 aliphatic carbocycles. The van der Waals surface area contributed by atoms with E-state index in [9.17, 15) is 10.2 Å².